The fourth-order valence-electron chi connectivity index (χ4n) is 2.71. The molecule has 2 unspecified atom stereocenters. The van der Waals surface area contributed by atoms with Crippen molar-refractivity contribution in [3.63, 3.8) is 0 Å². The summed E-state index contributed by atoms with van der Waals surface area (Å²) < 4.78 is 0. The molecule has 20 heavy (non-hydrogen) atoms. The van der Waals surface area contributed by atoms with Gasteiger partial charge in [-0.05, 0) is 50.7 Å². The van der Waals surface area contributed by atoms with Gasteiger partial charge in [0.2, 0.25) is 0 Å². The van der Waals surface area contributed by atoms with Crippen molar-refractivity contribution >= 4 is 20.2 Å². The molecule has 2 aromatic carbocycles. The van der Waals surface area contributed by atoms with Gasteiger partial charge in [-0.25, -0.2) is 0 Å². The highest BCUT2D eigenvalue weighted by Crippen LogP contribution is 2.33. The van der Waals surface area contributed by atoms with Crippen LogP contribution in [0.5, 0.6) is 0 Å². The van der Waals surface area contributed by atoms with Crippen LogP contribution in [0.3, 0.4) is 0 Å². The summed E-state index contributed by atoms with van der Waals surface area (Å²) in [4.78, 5) is 2.48. The fraction of sp³-hybridized carbons (Fsp3) is 0.333. The lowest BCUT2D eigenvalue weighted by Crippen LogP contribution is -2.43. The summed E-state index contributed by atoms with van der Waals surface area (Å²) in [6, 6.07) is 19.7. The molecule has 0 aliphatic heterocycles. The topological polar surface area (TPSA) is 3.24 Å². The van der Waals surface area contributed by atoms with E-state index in [0.717, 1.165) is 0 Å². The van der Waals surface area contributed by atoms with E-state index in [4.69, 9.17) is 0 Å². The van der Waals surface area contributed by atoms with Crippen molar-refractivity contribution in [2.24, 2.45) is 0 Å². The van der Waals surface area contributed by atoms with Crippen molar-refractivity contribution < 1.29 is 0 Å². The van der Waals surface area contributed by atoms with Crippen LogP contribution in [0.25, 0.3) is 0 Å². The first kappa shape index (κ1) is 15.1. The maximum Gasteiger partial charge on any atom is 0.0519 e. The zero-order chi connectivity index (χ0) is 14.8. The van der Waals surface area contributed by atoms with Crippen LogP contribution in [0, 0.1) is 0 Å². The Labute approximate surface area is 125 Å². The van der Waals surface area contributed by atoms with E-state index in [1.807, 2.05) is 0 Å². The molecule has 2 atom stereocenters. The van der Waals surface area contributed by atoms with E-state index in [1.54, 1.807) is 0 Å². The molecular formula is C18H24NP. The zero-order valence-corrected chi connectivity index (χ0v) is 14.0. The zero-order valence-electron chi connectivity index (χ0n) is 12.8. The summed E-state index contributed by atoms with van der Waals surface area (Å²) in [6.45, 7) is 9.07. The second-order valence-corrected chi connectivity index (χ2v) is 6.89. The largest absolute Gasteiger partial charge is 0.360 e. The average molecular weight is 285 g/mol. The SMILES string of the molecule is CC(c1ccccc1)N(c1ccc(P)cc1)C(C)(C)C. The molecule has 0 amide bonds. The molecule has 2 rings (SSSR count). The molecule has 2 heteroatoms. The minimum Gasteiger partial charge on any atom is -0.360 e. The normalized spacial score (nSPS) is 13.1. The van der Waals surface area contributed by atoms with Crippen LogP contribution >= 0.6 is 9.24 Å². The lowest BCUT2D eigenvalue weighted by atomic mass is 9.97. The summed E-state index contributed by atoms with van der Waals surface area (Å²) in [5, 5.41) is 1.22. The molecule has 0 bridgehead atoms. The van der Waals surface area contributed by atoms with Gasteiger partial charge in [-0.15, -0.1) is 9.24 Å². The number of nitrogens with zero attached hydrogens (tertiary/aromatic N) is 1. The summed E-state index contributed by atoms with van der Waals surface area (Å²) in [5.41, 5.74) is 2.68. The second kappa shape index (κ2) is 5.97. The third-order valence-corrected chi connectivity index (χ3v) is 3.95. The van der Waals surface area contributed by atoms with Gasteiger partial charge in [0.1, 0.15) is 0 Å². The minimum absolute atomic E-state index is 0.0671. The van der Waals surface area contributed by atoms with Crippen molar-refractivity contribution in [2.45, 2.75) is 39.3 Å². The predicted molar refractivity (Wildman–Crippen MR) is 92.9 cm³/mol. The van der Waals surface area contributed by atoms with E-state index >= 15 is 0 Å². The molecule has 0 aromatic heterocycles. The van der Waals surface area contributed by atoms with Gasteiger partial charge in [0.25, 0.3) is 0 Å². The summed E-state index contributed by atoms with van der Waals surface area (Å²) >= 11 is 0. The maximum absolute atomic E-state index is 2.74. The Morgan fingerprint density at radius 2 is 1.45 bits per heavy atom. The Morgan fingerprint density at radius 1 is 0.900 bits per heavy atom. The number of hydrogen-bond donors (Lipinski definition) is 0. The Hall–Kier alpha value is -1.33. The van der Waals surface area contributed by atoms with Crippen molar-refractivity contribution in [3.8, 4) is 0 Å². The van der Waals surface area contributed by atoms with Gasteiger partial charge in [0.05, 0.1) is 6.04 Å². The van der Waals surface area contributed by atoms with Gasteiger partial charge < -0.3 is 4.90 Å². The lowest BCUT2D eigenvalue weighted by molar-refractivity contribution is 0.458. The molecule has 2 aromatic rings. The standard InChI is InChI=1S/C18H24NP/c1-14(15-8-6-5-7-9-15)19(18(2,3)4)16-10-12-17(20)13-11-16/h5-14H,20H2,1-4H3. The van der Waals surface area contributed by atoms with E-state index in [1.165, 1.54) is 16.6 Å². The summed E-state index contributed by atoms with van der Waals surface area (Å²) in [5.74, 6) is 0. The Morgan fingerprint density at radius 3 is 1.95 bits per heavy atom. The van der Waals surface area contributed by atoms with Crippen molar-refractivity contribution in [3.05, 3.63) is 60.2 Å². The van der Waals surface area contributed by atoms with E-state index < -0.39 is 0 Å². The lowest BCUT2D eigenvalue weighted by Gasteiger charge is -2.42. The van der Waals surface area contributed by atoms with Crippen LogP contribution in [0.15, 0.2) is 54.6 Å². The summed E-state index contributed by atoms with van der Waals surface area (Å²) in [7, 11) is 2.74. The van der Waals surface area contributed by atoms with E-state index in [0.29, 0.717) is 6.04 Å². The van der Waals surface area contributed by atoms with Gasteiger partial charge in [-0.1, -0.05) is 42.5 Å². The molecule has 0 spiro atoms. The molecule has 0 N–H and O–H groups in total. The fourth-order valence-corrected chi connectivity index (χ4v) is 2.90. The van der Waals surface area contributed by atoms with E-state index in [-0.39, 0.29) is 5.54 Å². The molecule has 106 valence electrons. The van der Waals surface area contributed by atoms with Crippen molar-refractivity contribution in [2.75, 3.05) is 4.90 Å². The Balaban J connectivity index is 2.41. The second-order valence-electron chi connectivity index (χ2n) is 6.22. The Bertz CT molecular complexity index is 540. The van der Waals surface area contributed by atoms with Gasteiger partial charge in [0, 0.05) is 11.2 Å². The molecule has 1 nitrogen and oxygen atoms in total. The maximum atomic E-state index is 2.74. The molecule has 0 aliphatic rings. The molecule has 0 heterocycles. The van der Waals surface area contributed by atoms with Crippen LogP contribution in [-0.2, 0) is 0 Å². The quantitative estimate of drug-likeness (QED) is 0.748. The highest BCUT2D eigenvalue weighted by atomic mass is 31.0. The predicted octanol–water partition coefficient (Wildman–Crippen LogP) is 4.55. The minimum atomic E-state index is 0.0671. The number of anilines is 1. The number of rotatable bonds is 3. The van der Waals surface area contributed by atoms with Gasteiger partial charge in [0.15, 0.2) is 0 Å². The summed E-state index contributed by atoms with van der Waals surface area (Å²) in [6.07, 6.45) is 0. The van der Waals surface area contributed by atoms with Crippen molar-refractivity contribution in [1.82, 2.24) is 0 Å². The highest BCUT2D eigenvalue weighted by Gasteiger charge is 2.27. The third-order valence-electron chi connectivity index (χ3n) is 3.56. The number of hydrogen-bond acceptors (Lipinski definition) is 1. The van der Waals surface area contributed by atoms with Crippen LogP contribution in [-0.4, -0.2) is 5.54 Å². The average Bonchev–Trinajstić information content (AvgIpc) is 2.41. The smallest absolute Gasteiger partial charge is 0.0519 e. The first-order valence-electron chi connectivity index (χ1n) is 7.09. The van der Waals surface area contributed by atoms with Gasteiger partial charge >= 0.3 is 0 Å². The van der Waals surface area contributed by atoms with E-state index in [9.17, 15) is 0 Å². The Kier molecular flexibility index (Phi) is 4.50. The van der Waals surface area contributed by atoms with Crippen LogP contribution < -0.4 is 10.2 Å². The highest BCUT2D eigenvalue weighted by molar-refractivity contribution is 7.27. The first-order valence-corrected chi connectivity index (χ1v) is 7.67. The van der Waals surface area contributed by atoms with Gasteiger partial charge in [-0.3, -0.25) is 0 Å². The van der Waals surface area contributed by atoms with Crippen molar-refractivity contribution in [1.29, 1.82) is 0 Å². The monoisotopic (exact) mass is 285 g/mol. The van der Waals surface area contributed by atoms with Crippen LogP contribution in [0.2, 0.25) is 0 Å². The third kappa shape index (κ3) is 3.41. The molecule has 0 aliphatic carbocycles. The molecular weight excluding hydrogens is 261 g/mol. The van der Waals surface area contributed by atoms with Crippen LogP contribution in [0.1, 0.15) is 39.3 Å². The molecule has 0 fully saturated rings. The molecule has 0 saturated heterocycles. The van der Waals surface area contributed by atoms with Gasteiger partial charge in [-0.2, -0.15) is 0 Å². The first-order chi connectivity index (χ1) is 9.39. The van der Waals surface area contributed by atoms with E-state index in [2.05, 4.69) is 96.4 Å². The molecule has 0 radical (unpaired) electrons. The molecule has 0 saturated carbocycles. The number of benzene rings is 2. The van der Waals surface area contributed by atoms with Crippen LogP contribution in [0.4, 0.5) is 5.69 Å².